The molecule has 0 bridgehead atoms. The fraction of sp³-hybridized carbons (Fsp3) is 0.300. The topological polar surface area (TPSA) is 50.7 Å². The Morgan fingerprint density at radius 2 is 1.92 bits per heavy atom. The number of rotatable bonds is 6. The maximum absolute atomic E-state index is 13.9. The number of nitrogens with zero attached hydrogens (tertiary/aromatic N) is 1. The summed E-state index contributed by atoms with van der Waals surface area (Å²) in [7, 11) is 0. The largest absolute Gasteiger partial charge is 0.379 e. The molecule has 26 heavy (non-hydrogen) atoms. The van der Waals surface area contributed by atoms with E-state index in [4.69, 9.17) is 4.84 Å². The predicted octanol–water partition coefficient (Wildman–Crippen LogP) is 3.60. The summed E-state index contributed by atoms with van der Waals surface area (Å²) >= 11 is 0. The van der Waals surface area contributed by atoms with Gasteiger partial charge in [0.1, 0.15) is 11.6 Å². The monoisotopic (exact) mass is 358 g/mol. The molecule has 1 heterocycles. The van der Waals surface area contributed by atoms with E-state index >= 15 is 0 Å². The minimum absolute atomic E-state index is 0.206. The van der Waals surface area contributed by atoms with Crippen LogP contribution in [0.4, 0.5) is 8.78 Å². The molecule has 3 rings (SSSR count). The molecule has 0 spiro atoms. The van der Waals surface area contributed by atoms with Crippen LogP contribution in [0.3, 0.4) is 0 Å². The zero-order chi connectivity index (χ0) is 18.6. The molecule has 0 radical (unpaired) electrons. The number of carbonyl (C=O) groups excluding carboxylic acids is 1. The molecular formula is C20H20F2N2O2. The molecule has 0 saturated heterocycles. The van der Waals surface area contributed by atoms with Gasteiger partial charge in [-0.2, -0.15) is 0 Å². The van der Waals surface area contributed by atoms with Crippen molar-refractivity contribution in [1.29, 1.82) is 0 Å². The van der Waals surface area contributed by atoms with Gasteiger partial charge in [0.05, 0.1) is 5.71 Å². The van der Waals surface area contributed by atoms with Crippen LogP contribution < -0.4 is 5.32 Å². The first-order valence-corrected chi connectivity index (χ1v) is 8.51. The highest BCUT2D eigenvalue weighted by molar-refractivity contribution is 6.05. The Morgan fingerprint density at radius 3 is 2.65 bits per heavy atom. The highest BCUT2D eigenvalue weighted by Crippen LogP contribution is 2.27. The second kappa shape index (κ2) is 7.64. The van der Waals surface area contributed by atoms with Crippen LogP contribution in [0.25, 0.3) is 0 Å². The lowest BCUT2D eigenvalue weighted by atomic mass is 9.95. The first-order valence-electron chi connectivity index (χ1n) is 8.51. The van der Waals surface area contributed by atoms with Crippen molar-refractivity contribution >= 4 is 11.6 Å². The number of carbonyl (C=O) groups is 1. The van der Waals surface area contributed by atoms with Gasteiger partial charge in [0.2, 0.25) is 5.60 Å². The van der Waals surface area contributed by atoms with Crippen LogP contribution in [-0.2, 0) is 16.1 Å². The molecule has 1 amide bonds. The number of hydrogen-bond acceptors (Lipinski definition) is 3. The summed E-state index contributed by atoms with van der Waals surface area (Å²) in [6, 6.07) is 12.6. The van der Waals surface area contributed by atoms with Crippen molar-refractivity contribution in [2.75, 3.05) is 6.54 Å². The van der Waals surface area contributed by atoms with Crippen molar-refractivity contribution in [2.24, 2.45) is 5.16 Å². The third-order valence-electron chi connectivity index (χ3n) is 4.37. The SMILES string of the molecule is C[C@@]1(C(=O)NCCCc2ccc(F)cc2)CC(c2ccccc2F)=NO1. The Labute approximate surface area is 150 Å². The Balaban J connectivity index is 1.49. The van der Waals surface area contributed by atoms with Crippen molar-refractivity contribution in [2.45, 2.75) is 31.8 Å². The van der Waals surface area contributed by atoms with Crippen LogP contribution in [0.15, 0.2) is 53.7 Å². The normalized spacial score (nSPS) is 19.0. The molecule has 1 atom stereocenters. The number of benzene rings is 2. The van der Waals surface area contributed by atoms with Crippen LogP contribution >= 0.6 is 0 Å². The smallest absolute Gasteiger partial charge is 0.267 e. The molecule has 1 aliphatic rings. The number of aryl methyl sites for hydroxylation is 1. The number of halogens is 2. The predicted molar refractivity (Wildman–Crippen MR) is 94.8 cm³/mol. The lowest BCUT2D eigenvalue weighted by molar-refractivity contribution is -0.141. The first kappa shape index (κ1) is 18.0. The highest BCUT2D eigenvalue weighted by Gasteiger charge is 2.42. The van der Waals surface area contributed by atoms with Crippen LogP contribution in [0, 0.1) is 11.6 Å². The molecule has 0 fully saturated rings. The molecule has 1 N–H and O–H groups in total. The van der Waals surface area contributed by atoms with Gasteiger partial charge < -0.3 is 10.2 Å². The Morgan fingerprint density at radius 1 is 1.19 bits per heavy atom. The van der Waals surface area contributed by atoms with Gasteiger partial charge in [0.15, 0.2) is 0 Å². The van der Waals surface area contributed by atoms with E-state index < -0.39 is 5.60 Å². The quantitative estimate of drug-likeness (QED) is 0.802. The minimum Gasteiger partial charge on any atom is -0.379 e. The van der Waals surface area contributed by atoms with Crippen molar-refractivity contribution in [3.8, 4) is 0 Å². The summed E-state index contributed by atoms with van der Waals surface area (Å²) in [6.07, 6.45) is 1.65. The molecule has 0 unspecified atom stereocenters. The van der Waals surface area contributed by atoms with E-state index in [1.54, 1.807) is 37.3 Å². The standard InChI is InChI=1S/C20H20F2N2O2/c1-20(13-18(24-26-20)16-6-2-3-7-17(16)22)19(25)23-12-4-5-14-8-10-15(21)11-9-14/h2-3,6-11H,4-5,12-13H2,1H3,(H,23,25)/t20-/m0/s1. The minimum atomic E-state index is -1.15. The fourth-order valence-corrected chi connectivity index (χ4v) is 2.83. The van der Waals surface area contributed by atoms with Crippen molar-refractivity contribution in [3.63, 3.8) is 0 Å². The molecule has 136 valence electrons. The van der Waals surface area contributed by atoms with Crippen molar-refractivity contribution < 1.29 is 18.4 Å². The van der Waals surface area contributed by atoms with E-state index in [-0.39, 0.29) is 24.0 Å². The fourth-order valence-electron chi connectivity index (χ4n) is 2.83. The average Bonchev–Trinajstić information content (AvgIpc) is 3.04. The lowest BCUT2D eigenvalue weighted by Crippen LogP contribution is -2.45. The Kier molecular flexibility index (Phi) is 5.30. The van der Waals surface area contributed by atoms with Gasteiger partial charge in [-0.05, 0) is 43.5 Å². The molecule has 1 aliphatic heterocycles. The van der Waals surface area contributed by atoms with Gasteiger partial charge in [-0.1, -0.05) is 35.5 Å². The maximum Gasteiger partial charge on any atom is 0.267 e. The lowest BCUT2D eigenvalue weighted by Gasteiger charge is -2.20. The number of nitrogens with one attached hydrogen (secondary N) is 1. The summed E-state index contributed by atoms with van der Waals surface area (Å²) in [5, 5.41) is 6.73. The van der Waals surface area contributed by atoms with E-state index in [1.807, 2.05) is 0 Å². The van der Waals surface area contributed by atoms with Crippen molar-refractivity contribution in [3.05, 3.63) is 71.3 Å². The van der Waals surface area contributed by atoms with Crippen LogP contribution in [-0.4, -0.2) is 23.8 Å². The molecule has 4 nitrogen and oxygen atoms in total. The third kappa shape index (κ3) is 4.07. The zero-order valence-corrected chi connectivity index (χ0v) is 14.5. The number of hydrogen-bond donors (Lipinski definition) is 1. The summed E-state index contributed by atoms with van der Waals surface area (Å²) in [5.41, 5.74) is 0.634. The maximum atomic E-state index is 13.9. The van der Waals surface area contributed by atoms with Gasteiger partial charge >= 0.3 is 0 Å². The molecule has 2 aromatic rings. The van der Waals surface area contributed by atoms with E-state index in [0.29, 0.717) is 24.2 Å². The summed E-state index contributed by atoms with van der Waals surface area (Å²) in [5.74, 6) is -0.940. The second-order valence-corrected chi connectivity index (χ2v) is 6.50. The molecule has 0 aliphatic carbocycles. The van der Waals surface area contributed by atoms with Crippen molar-refractivity contribution in [1.82, 2.24) is 5.32 Å². The number of amides is 1. The van der Waals surface area contributed by atoms with Crippen LogP contribution in [0.1, 0.15) is 30.9 Å². The highest BCUT2D eigenvalue weighted by atomic mass is 19.1. The molecule has 0 aromatic heterocycles. The van der Waals surface area contributed by atoms with Gasteiger partial charge in [0.25, 0.3) is 5.91 Å². The average molecular weight is 358 g/mol. The van der Waals surface area contributed by atoms with E-state index in [0.717, 1.165) is 12.0 Å². The van der Waals surface area contributed by atoms with Crippen LogP contribution in [0.5, 0.6) is 0 Å². The molecule has 0 saturated carbocycles. The number of oxime groups is 1. The van der Waals surface area contributed by atoms with Gasteiger partial charge in [-0.25, -0.2) is 8.78 Å². The second-order valence-electron chi connectivity index (χ2n) is 6.50. The molecule has 6 heteroatoms. The first-order chi connectivity index (χ1) is 12.5. The van der Waals surface area contributed by atoms with Gasteiger partial charge in [0, 0.05) is 18.5 Å². The van der Waals surface area contributed by atoms with Gasteiger partial charge in [-0.3, -0.25) is 4.79 Å². The summed E-state index contributed by atoms with van der Waals surface area (Å²) in [6.45, 7) is 2.10. The Hall–Kier alpha value is -2.76. The van der Waals surface area contributed by atoms with Gasteiger partial charge in [-0.15, -0.1) is 0 Å². The summed E-state index contributed by atoms with van der Waals surface area (Å²) < 4.78 is 26.7. The van der Waals surface area contributed by atoms with E-state index in [2.05, 4.69) is 10.5 Å². The zero-order valence-electron chi connectivity index (χ0n) is 14.5. The molecule has 2 aromatic carbocycles. The van der Waals surface area contributed by atoms with E-state index in [1.165, 1.54) is 18.2 Å². The summed E-state index contributed by atoms with van der Waals surface area (Å²) in [4.78, 5) is 17.8. The third-order valence-corrected chi connectivity index (χ3v) is 4.37. The Bertz CT molecular complexity index is 821. The van der Waals surface area contributed by atoms with E-state index in [9.17, 15) is 13.6 Å². The molecular weight excluding hydrogens is 338 g/mol. The van der Waals surface area contributed by atoms with Crippen LogP contribution in [0.2, 0.25) is 0 Å².